The molecule has 7 heteroatoms. The third-order valence-electron chi connectivity index (χ3n) is 9.41. The van der Waals surface area contributed by atoms with Crippen LogP contribution in [0.1, 0.15) is 69.7 Å². The highest BCUT2D eigenvalue weighted by molar-refractivity contribution is 6.74. The smallest absolute Gasteiger partial charge is 0.192 e. The number of rotatable bonds is 9. The number of hydrogen-bond acceptors (Lipinski definition) is 6. The minimum absolute atomic E-state index is 0.224. The molecule has 0 bridgehead atoms. The third kappa shape index (κ3) is 6.15. The van der Waals surface area contributed by atoms with Crippen molar-refractivity contribution in [2.24, 2.45) is 0 Å². The maximum absolute atomic E-state index is 6.47. The van der Waals surface area contributed by atoms with Crippen LogP contribution in [0.3, 0.4) is 0 Å². The summed E-state index contributed by atoms with van der Waals surface area (Å²) in [5, 5.41) is 1.40. The van der Waals surface area contributed by atoms with Crippen molar-refractivity contribution in [1.29, 1.82) is 0 Å². The molecule has 0 N–H and O–H groups in total. The van der Waals surface area contributed by atoms with Crippen LogP contribution in [-0.4, -0.2) is 65.7 Å². The van der Waals surface area contributed by atoms with Crippen LogP contribution < -0.4 is 14.7 Å². The number of piperidine rings is 1. The van der Waals surface area contributed by atoms with Crippen molar-refractivity contribution >= 4 is 36.4 Å². The lowest BCUT2D eigenvalue weighted by Crippen LogP contribution is -2.42. The van der Waals surface area contributed by atoms with Gasteiger partial charge in [0.25, 0.3) is 0 Å². The number of para-hydroxylation sites is 1. The van der Waals surface area contributed by atoms with E-state index in [4.69, 9.17) is 14.4 Å². The molecular weight excluding hydrogens is 510 g/mol. The molecule has 2 heterocycles. The number of likely N-dealkylation sites (N-methyl/N-ethyl adjacent to an activating group) is 1. The second-order valence-corrected chi connectivity index (χ2v) is 18.4. The normalized spacial score (nSPS) is 16.9. The Hall–Kier alpha value is -2.64. The van der Waals surface area contributed by atoms with Gasteiger partial charge in [-0.1, -0.05) is 39.0 Å². The number of anilines is 3. The van der Waals surface area contributed by atoms with Gasteiger partial charge in [-0.2, -0.15) is 0 Å². The molecular formula is C33H49N5OSi. The van der Waals surface area contributed by atoms with Crippen LogP contribution in [0.2, 0.25) is 18.1 Å². The summed E-state index contributed by atoms with van der Waals surface area (Å²) in [5.74, 6) is 3.27. The highest BCUT2D eigenvalue weighted by atomic mass is 28.4. The summed E-state index contributed by atoms with van der Waals surface area (Å²) >= 11 is 0. The number of fused-ring (bicyclic) bond motifs is 1. The van der Waals surface area contributed by atoms with Crippen molar-refractivity contribution in [3.05, 3.63) is 53.9 Å². The molecule has 6 nitrogen and oxygen atoms in total. The highest BCUT2D eigenvalue weighted by Gasteiger charge is 2.37. The fourth-order valence-electron chi connectivity index (χ4n) is 5.55. The zero-order valence-electron chi connectivity index (χ0n) is 26.0. The molecule has 1 aliphatic carbocycles. The van der Waals surface area contributed by atoms with Crippen LogP contribution >= 0.6 is 0 Å². The maximum Gasteiger partial charge on any atom is 0.192 e. The minimum Gasteiger partial charge on any atom is -0.415 e. The Labute approximate surface area is 242 Å². The van der Waals surface area contributed by atoms with Crippen LogP contribution in [0, 0.1) is 0 Å². The Morgan fingerprint density at radius 1 is 0.925 bits per heavy atom. The minimum atomic E-state index is -1.76. The average molecular weight is 560 g/mol. The summed E-state index contributed by atoms with van der Waals surface area (Å²) < 4.78 is 6.47. The SMILES string of the molecule is CN(C)c1ccccc1C1CCN(c2nc(C3CC3)nc3ccc(N(C)CCO[Si](C)(C)C(C)(C)C)cc23)CC1. The number of aromatic nitrogens is 2. The Morgan fingerprint density at radius 3 is 2.27 bits per heavy atom. The molecule has 2 fully saturated rings. The Balaban J connectivity index is 1.36. The molecule has 1 aliphatic heterocycles. The molecule has 0 amide bonds. The Morgan fingerprint density at radius 2 is 1.62 bits per heavy atom. The van der Waals surface area contributed by atoms with Gasteiger partial charge in [0, 0.05) is 63.5 Å². The molecule has 0 atom stereocenters. The zero-order valence-corrected chi connectivity index (χ0v) is 27.0. The van der Waals surface area contributed by atoms with E-state index in [-0.39, 0.29) is 5.04 Å². The van der Waals surface area contributed by atoms with Crippen molar-refractivity contribution in [2.45, 2.75) is 76.4 Å². The summed E-state index contributed by atoms with van der Waals surface area (Å²) in [6, 6.07) is 15.6. The van der Waals surface area contributed by atoms with Crippen LogP contribution in [0.25, 0.3) is 10.9 Å². The molecule has 216 valence electrons. The predicted octanol–water partition coefficient (Wildman–Crippen LogP) is 7.42. The van der Waals surface area contributed by atoms with Gasteiger partial charge in [0.05, 0.1) is 12.1 Å². The summed E-state index contributed by atoms with van der Waals surface area (Å²) in [6.45, 7) is 15.2. The number of nitrogens with zero attached hydrogens (tertiary/aromatic N) is 5. The molecule has 1 aromatic heterocycles. The van der Waals surface area contributed by atoms with E-state index in [1.165, 1.54) is 35.2 Å². The lowest BCUT2D eigenvalue weighted by atomic mass is 9.88. The van der Waals surface area contributed by atoms with E-state index < -0.39 is 8.32 Å². The monoisotopic (exact) mass is 559 g/mol. The van der Waals surface area contributed by atoms with Crippen LogP contribution in [0.5, 0.6) is 0 Å². The van der Waals surface area contributed by atoms with Gasteiger partial charge in [-0.05, 0) is 79.6 Å². The molecule has 0 radical (unpaired) electrons. The van der Waals surface area contributed by atoms with E-state index in [9.17, 15) is 0 Å². The van der Waals surface area contributed by atoms with Crippen molar-refractivity contribution in [3.63, 3.8) is 0 Å². The van der Waals surface area contributed by atoms with Crippen LogP contribution in [0.4, 0.5) is 17.2 Å². The lowest BCUT2D eigenvalue weighted by molar-refractivity contribution is 0.296. The van der Waals surface area contributed by atoms with Gasteiger partial charge < -0.3 is 19.1 Å². The fourth-order valence-corrected chi connectivity index (χ4v) is 6.58. The molecule has 40 heavy (non-hydrogen) atoms. The molecule has 2 aromatic carbocycles. The maximum atomic E-state index is 6.47. The van der Waals surface area contributed by atoms with Crippen LogP contribution in [-0.2, 0) is 4.43 Å². The molecule has 0 unspecified atom stereocenters. The van der Waals surface area contributed by atoms with Gasteiger partial charge in [0.1, 0.15) is 11.6 Å². The van der Waals surface area contributed by atoms with E-state index in [0.29, 0.717) is 11.8 Å². The first-order chi connectivity index (χ1) is 18.9. The molecule has 1 saturated carbocycles. The average Bonchev–Trinajstić information content (AvgIpc) is 3.77. The summed E-state index contributed by atoms with van der Waals surface area (Å²) in [5.41, 5.74) is 5.09. The van der Waals surface area contributed by atoms with Crippen LogP contribution in [0.15, 0.2) is 42.5 Å². The molecule has 2 aliphatic rings. The number of hydrogen-bond donors (Lipinski definition) is 0. The zero-order chi connectivity index (χ0) is 28.7. The topological polar surface area (TPSA) is 44.7 Å². The second-order valence-electron chi connectivity index (χ2n) is 13.6. The van der Waals surface area contributed by atoms with Gasteiger partial charge in [-0.25, -0.2) is 9.97 Å². The van der Waals surface area contributed by atoms with E-state index in [0.717, 1.165) is 56.2 Å². The quantitative estimate of drug-likeness (QED) is 0.254. The van der Waals surface area contributed by atoms with Crippen molar-refractivity contribution in [1.82, 2.24) is 9.97 Å². The molecule has 1 saturated heterocycles. The Bertz CT molecular complexity index is 1320. The highest BCUT2D eigenvalue weighted by Crippen LogP contribution is 2.42. The van der Waals surface area contributed by atoms with Gasteiger partial charge in [-0.15, -0.1) is 0 Å². The molecule has 0 spiro atoms. The van der Waals surface area contributed by atoms with Crippen molar-refractivity contribution < 1.29 is 4.43 Å². The van der Waals surface area contributed by atoms with E-state index >= 15 is 0 Å². The number of benzene rings is 2. The Kier molecular flexibility index (Phi) is 8.17. The fraction of sp³-hybridized carbons (Fsp3) is 0.576. The van der Waals surface area contributed by atoms with E-state index in [1.54, 1.807) is 0 Å². The summed E-state index contributed by atoms with van der Waals surface area (Å²) in [4.78, 5) is 17.3. The van der Waals surface area contributed by atoms with Gasteiger partial charge in [0.15, 0.2) is 8.32 Å². The van der Waals surface area contributed by atoms with Gasteiger partial charge in [-0.3, -0.25) is 0 Å². The lowest BCUT2D eigenvalue weighted by Gasteiger charge is -2.36. The third-order valence-corrected chi connectivity index (χ3v) is 13.9. The van der Waals surface area contributed by atoms with Crippen molar-refractivity contribution in [3.8, 4) is 0 Å². The summed E-state index contributed by atoms with van der Waals surface area (Å²) in [7, 11) is 4.71. The molecule has 3 aromatic rings. The second kappa shape index (κ2) is 11.3. The molecule has 5 rings (SSSR count). The predicted molar refractivity (Wildman–Crippen MR) is 173 cm³/mol. The summed E-state index contributed by atoms with van der Waals surface area (Å²) in [6.07, 6.45) is 4.70. The van der Waals surface area contributed by atoms with Gasteiger partial charge in [0.2, 0.25) is 0 Å². The largest absolute Gasteiger partial charge is 0.415 e. The first-order valence-corrected chi connectivity index (χ1v) is 18.0. The van der Waals surface area contributed by atoms with Crippen molar-refractivity contribution in [2.75, 3.05) is 62.1 Å². The van der Waals surface area contributed by atoms with E-state index in [1.807, 2.05) is 0 Å². The van der Waals surface area contributed by atoms with E-state index in [2.05, 4.69) is 112 Å². The first-order valence-electron chi connectivity index (χ1n) is 15.1. The first kappa shape index (κ1) is 28.9. The van der Waals surface area contributed by atoms with Gasteiger partial charge >= 0.3 is 0 Å². The standard InChI is InChI=1S/C33H49N5OSi/c1-33(2,3)40(7,8)39-22-21-37(6)26-15-16-29-28(23-26)32(35-31(34-29)25-13-14-25)38-19-17-24(18-20-38)27-11-9-10-12-30(27)36(4)5/h9-12,15-16,23-25H,13-14,17-22H2,1-8H3.